The topological polar surface area (TPSA) is 91.3 Å². The second kappa shape index (κ2) is 6.89. The molecule has 0 bridgehead atoms. The Morgan fingerprint density at radius 3 is 2.46 bits per heavy atom. The summed E-state index contributed by atoms with van der Waals surface area (Å²) < 4.78 is 0. The molecule has 0 radical (unpaired) electrons. The largest absolute Gasteiger partial charge is 0.348 e. The summed E-state index contributed by atoms with van der Waals surface area (Å²) in [7, 11) is 0. The van der Waals surface area contributed by atoms with E-state index in [9.17, 15) is 9.59 Å². The average Bonchev–Trinajstić information content (AvgIpc) is 2.65. The van der Waals surface area contributed by atoms with Crippen LogP contribution in [0.2, 0.25) is 0 Å². The van der Waals surface area contributed by atoms with Crippen LogP contribution >= 0.6 is 0 Å². The van der Waals surface area contributed by atoms with E-state index in [0.717, 1.165) is 16.5 Å². The number of aromatic nitrogens is 1. The maximum absolute atomic E-state index is 12.2. The van der Waals surface area contributed by atoms with Gasteiger partial charge in [0.15, 0.2) is 0 Å². The minimum atomic E-state index is -0.576. The maximum Gasteiger partial charge on any atom is 0.274 e. The highest BCUT2D eigenvalue weighted by Crippen LogP contribution is 2.13. The molecule has 0 saturated carbocycles. The zero-order valence-electron chi connectivity index (χ0n) is 12.7. The zero-order chi connectivity index (χ0) is 16.9. The molecule has 0 aliphatic rings. The lowest BCUT2D eigenvalue weighted by Gasteiger charge is -2.07. The van der Waals surface area contributed by atoms with E-state index in [1.807, 2.05) is 24.3 Å². The molecule has 0 atom stereocenters. The Labute approximate surface area is 138 Å². The molecular weight excluding hydrogens is 306 g/mol. The van der Waals surface area contributed by atoms with Crippen LogP contribution in [0.5, 0.6) is 0 Å². The standard InChI is InChI=1S/C18H15N3O3/c22-17(15-9-14-3-1-2-4-16(14)19-11-15)20-10-12-5-7-13(8-6-12)18(23)21-24/h1-9,11,24H,10H2,(H,20,22)(H,21,23). The molecule has 0 spiro atoms. The summed E-state index contributed by atoms with van der Waals surface area (Å²) in [4.78, 5) is 27.7. The average molecular weight is 321 g/mol. The first-order valence-corrected chi connectivity index (χ1v) is 7.34. The Bertz CT molecular complexity index is 891. The highest BCUT2D eigenvalue weighted by molar-refractivity contribution is 5.97. The van der Waals surface area contributed by atoms with Crippen LogP contribution in [0, 0.1) is 0 Å². The Kier molecular flexibility index (Phi) is 4.49. The molecule has 1 aromatic heterocycles. The van der Waals surface area contributed by atoms with Crippen molar-refractivity contribution in [3.05, 3.63) is 77.5 Å². The molecular formula is C18H15N3O3. The van der Waals surface area contributed by atoms with Gasteiger partial charge in [-0.05, 0) is 29.8 Å². The van der Waals surface area contributed by atoms with Gasteiger partial charge in [-0.3, -0.25) is 19.8 Å². The van der Waals surface area contributed by atoms with Crippen LogP contribution in [0.1, 0.15) is 26.3 Å². The van der Waals surface area contributed by atoms with Crippen molar-refractivity contribution >= 4 is 22.7 Å². The molecule has 0 fully saturated rings. The molecule has 120 valence electrons. The summed E-state index contributed by atoms with van der Waals surface area (Å²) >= 11 is 0. The predicted molar refractivity (Wildman–Crippen MR) is 88.6 cm³/mol. The van der Waals surface area contributed by atoms with E-state index in [0.29, 0.717) is 17.7 Å². The Balaban J connectivity index is 1.67. The van der Waals surface area contributed by atoms with E-state index in [4.69, 9.17) is 5.21 Å². The Morgan fingerprint density at radius 2 is 1.71 bits per heavy atom. The third-order valence-electron chi connectivity index (χ3n) is 3.62. The molecule has 0 aliphatic heterocycles. The van der Waals surface area contributed by atoms with Crippen molar-refractivity contribution in [3.8, 4) is 0 Å². The zero-order valence-corrected chi connectivity index (χ0v) is 12.7. The minimum absolute atomic E-state index is 0.217. The van der Waals surface area contributed by atoms with Crippen LogP contribution in [-0.4, -0.2) is 22.0 Å². The fourth-order valence-electron chi connectivity index (χ4n) is 2.32. The van der Waals surface area contributed by atoms with Crippen molar-refractivity contribution < 1.29 is 14.8 Å². The number of pyridine rings is 1. The van der Waals surface area contributed by atoms with Gasteiger partial charge < -0.3 is 5.32 Å². The van der Waals surface area contributed by atoms with Crippen molar-refractivity contribution in [1.29, 1.82) is 0 Å². The molecule has 6 nitrogen and oxygen atoms in total. The number of hydrogen-bond donors (Lipinski definition) is 3. The summed E-state index contributed by atoms with van der Waals surface area (Å²) in [6.45, 7) is 0.326. The van der Waals surface area contributed by atoms with E-state index in [1.54, 1.807) is 42.0 Å². The molecule has 3 N–H and O–H groups in total. The maximum atomic E-state index is 12.2. The number of hydroxylamine groups is 1. The van der Waals surface area contributed by atoms with Crippen LogP contribution in [0.25, 0.3) is 10.9 Å². The van der Waals surface area contributed by atoms with Crippen molar-refractivity contribution in [2.24, 2.45) is 0 Å². The van der Waals surface area contributed by atoms with E-state index < -0.39 is 5.91 Å². The number of benzene rings is 2. The molecule has 0 aliphatic carbocycles. The normalized spacial score (nSPS) is 10.4. The smallest absolute Gasteiger partial charge is 0.274 e. The number of nitrogens with zero attached hydrogens (tertiary/aromatic N) is 1. The van der Waals surface area contributed by atoms with Gasteiger partial charge in [0.25, 0.3) is 11.8 Å². The quantitative estimate of drug-likeness (QED) is 0.508. The third-order valence-corrected chi connectivity index (χ3v) is 3.62. The summed E-state index contributed by atoms with van der Waals surface area (Å²) in [5.74, 6) is -0.793. The van der Waals surface area contributed by atoms with E-state index >= 15 is 0 Å². The highest BCUT2D eigenvalue weighted by Gasteiger charge is 2.08. The Morgan fingerprint density at radius 1 is 0.958 bits per heavy atom. The number of carbonyl (C=O) groups is 2. The van der Waals surface area contributed by atoms with Gasteiger partial charge in [0.05, 0.1) is 11.1 Å². The number of nitrogens with one attached hydrogen (secondary N) is 2. The highest BCUT2D eigenvalue weighted by atomic mass is 16.5. The fraction of sp³-hybridized carbons (Fsp3) is 0.0556. The van der Waals surface area contributed by atoms with Gasteiger partial charge in [-0.1, -0.05) is 30.3 Å². The molecule has 3 aromatic rings. The minimum Gasteiger partial charge on any atom is -0.348 e. The number of fused-ring (bicyclic) bond motifs is 1. The molecule has 2 amide bonds. The van der Waals surface area contributed by atoms with Gasteiger partial charge in [0, 0.05) is 23.7 Å². The van der Waals surface area contributed by atoms with E-state index in [1.165, 1.54) is 0 Å². The van der Waals surface area contributed by atoms with Crippen LogP contribution in [0.4, 0.5) is 0 Å². The van der Waals surface area contributed by atoms with E-state index in [-0.39, 0.29) is 5.91 Å². The van der Waals surface area contributed by atoms with Gasteiger partial charge in [0.1, 0.15) is 0 Å². The molecule has 6 heteroatoms. The lowest BCUT2D eigenvalue weighted by molar-refractivity contribution is 0.0706. The van der Waals surface area contributed by atoms with Gasteiger partial charge in [-0.15, -0.1) is 0 Å². The molecule has 2 aromatic carbocycles. The summed E-state index contributed by atoms with van der Waals surface area (Å²) in [6.07, 6.45) is 1.55. The number of amides is 2. The van der Waals surface area contributed by atoms with Crippen LogP contribution < -0.4 is 10.8 Å². The van der Waals surface area contributed by atoms with Gasteiger partial charge in [-0.25, -0.2) is 5.48 Å². The van der Waals surface area contributed by atoms with Crippen molar-refractivity contribution in [2.45, 2.75) is 6.54 Å². The van der Waals surface area contributed by atoms with Crippen LogP contribution in [0.3, 0.4) is 0 Å². The first-order valence-electron chi connectivity index (χ1n) is 7.34. The SMILES string of the molecule is O=C(NO)c1ccc(CNC(=O)c2cnc3ccccc3c2)cc1. The van der Waals surface area contributed by atoms with Crippen LogP contribution in [-0.2, 0) is 6.54 Å². The first kappa shape index (κ1) is 15.6. The van der Waals surface area contributed by atoms with E-state index in [2.05, 4.69) is 10.3 Å². The number of para-hydroxylation sites is 1. The number of rotatable bonds is 4. The first-order chi connectivity index (χ1) is 11.7. The third kappa shape index (κ3) is 3.39. The van der Waals surface area contributed by atoms with Gasteiger partial charge in [0.2, 0.25) is 0 Å². The van der Waals surface area contributed by atoms with Crippen molar-refractivity contribution in [2.75, 3.05) is 0 Å². The van der Waals surface area contributed by atoms with Crippen LogP contribution in [0.15, 0.2) is 60.8 Å². The summed E-state index contributed by atoms with van der Waals surface area (Å²) in [6, 6.07) is 16.0. The molecule has 24 heavy (non-hydrogen) atoms. The second-order valence-corrected chi connectivity index (χ2v) is 5.24. The molecule has 3 rings (SSSR count). The molecule has 0 saturated heterocycles. The lowest BCUT2D eigenvalue weighted by Crippen LogP contribution is -2.23. The molecule has 1 heterocycles. The Hall–Kier alpha value is -3.25. The monoisotopic (exact) mass is 321 g/mol. The summed E-state index contributed by atoms with van der Waals surface area (Å²) in [5, 5.41) is 12.3. The lowest BCUT2D eigenvalue weighted by atomic mass is 10.1. The number of carbonyl (C=O) groups excluding carboxylic acids is 2. The van der Waals surface area contributed by atoms with Gasteiger partial charge in [-0.2, -0.15) is 0 Å². The molecule has 0 unspecified atom stereocenters. The predicted octanol–water partition coefficient (Wildman–Crippen LogP) is 2.28. The van der Waals surface area contributed by atoms with Gasteiger partial charge >= 0.3 is 0 Å². The van der Waals surface area contributed by atoms with Crippen molar-refractivity contribution in [1.82, 2.24) is 15.8 Å². The second-order valence-electron chi connectivity index (χ2n) is 5.24. The van der Waals surface area contributed by atoms with Crippen molar-refractivity contribution in [3.63, 3.8) is 0 Å². The number of hydrogen-bond acceptors (Lipinski definition) is 4. The fourth-order valence-corrected chi connectivity index (χ4v) is 2.32. The summed E-state index contributed by atoms with van der Waals surface area (Å²) in [5.41, 5.74) is 4.08.